The van der Waals surface area contributed by atoms with Gasteiger partial charge in [0.05, 0.1) is 12.1 Å². The lowest BCUT2D eigenvalue weighted by atomic mass is 9.99. The van der Waals surface area contributed by atoms with Crippen LogP contribution in [-0.4, -0.2) is 23.3 Å². The van der Waals surface area contributed by atoms with Gasteiger partial charge in [-0.1, -0.05) is 54.6 Å². The number of hydrogen-bond donors (Lipinski definition) is 0. The van der Waals surface area contributed by atoms with Crippen LogP contribution in [0.25, 0.3) is 5.57 Å². The number of amides is 2. The molecule has 32 heavy (non-hydrogen) atoms. The molecular formula is C27H25FN2O2. The molecule has 1 heterocycles. The first-order valence-corrected chi connectivity index (χ1v) is 10.7. The molecule has 0 bridgehead atoms. The van der Waals surface area contributed by atoms with Crippen molar-refractivity contribution in [3.8, 4) is 0 Å². The molecule has 0 saturated heterocycles. The zero-order chi connectivity index (χ0) is 22.8. The van der Waals surface area contributed by atoms with Crippen molar-refractivity contribution in [1.29, 1.82) is 0 Å². The zero-order valence-corrected chi connectivity index (χ0v) is 18.4. The molecule has 0 spiro atoms. The van der Waals surface area contributed by atoms with Crippen molar-refractivity contribution in [2.45, 2.75) is 27.3 Å². The number of carbonyl (C=O) groups is 2. The molecule has 2 amide bonds. The number of benzene rings is 3. The van der Waals surface area contributed by atoms with Crippen molar-refractivity contribution in [2.24, 2.45) is 0 Å². The van der Waals surface area contributed by atoms with Gasteiger partial charge in [-0.15, -0.1) is 0 Å². The molecule has 0 saturated carbocycles. The Morgan fingerprint density at radius 2 is 1.53 bits per heavy atom. The van der Waals surface area contributed by atoms with E-state index in [1.807, 2.05) is 74.2 Å². The van der Waals surface area contributed by atoms with Crippen LogP contribution in [0, 0.1) is 19.7 Å². The maximum atomic E-state index is 14.3. The molecule has 0 unspecified atom stereocenters. The maximum Gasteiger partial charge on any atom is 0.278 e. The topological polar surface area (TPSA) is 40.6 Å². The van der Waals surface area contributed by atoms with Crippen molar-refractivity contribution in [3.05, 3.63) is 107 Å². The quantitative estimate of drug-likeness (QED) is 0.504. The average Bonchev–Trinajstić information content (AvgIpc) is 3.03. The summed E-state index contributed by atoms with van der Waals surface area (Å²) < 4.78 is 14.3. The monoisotopic (exact) mass is 428 g/mol. The first-order valence-electron chi connectivity index (χ1n) is 10.7. The summed E-state index contributed by atoms with van der Waals surface area (Å²) in [7, 11) is 0. The SMILES string of the molecule is CCN(C1=C(c2ccc(C)c(C)c2)C(=O)N(Cc2ccccc2F)C1=O)c1ccccc1. The van der Waals surface area contributed by atoms with Gasteiger partial charge in [-0.3, -0.25) is 14.5 Å². The van der Waals surface area contributed by atoms with Gasteiger partial charge in [-0.25, -0.2) is 4.39 Å². The molecule has 1 aliphatic rings. The Balaban J connectivity index is 1.86. The Morgan fingerprint density at radius 3 is 2.19 bits per heavy atom. The molecule has 0 radical (unpaired) electrons. The van der Waals surface area contributed by atoms with E-state index in [9.17, 15) is 14.0 Å². The highest BCUT2D eigenvalue weighted by molar-refractivity contribution is 6.36. The fourth-order valence-electron chi connectivity index (χ4n) is 3.99. The van der Waals surface area contributed by atoms with Gasteiger partial charge < -0.3 is 4.90 Å². The Labute approximate surface area is 187 Å². The zero-order valence-electron chi connectivity index (χ0n) is 18.4. The molecular weight excluding hydrogens is 403 g/mol. The summed E-state index contributed by atoms with van der Waals surface area (Å²) in [6.45, 7) is 6.30. The minimum Gasteiger partial charge on any atom is -0.337 e. The molecule has 0 atom stereocenters. The largest absolute Gasteiger partial charge is 0.337 e. The van der Waals surface area contributed by atoms with E-state index in [0.717, 1.165) is 21.7 Å². The predicted molar refractivity (Wildman–Crippen MR) is 124 cm³/mol. The Kier molecular flexibility index (Phi) is 5.91. The van der Waals surface area contributed by atoms with E-state index in [0.29, 0.717) is 28.9 Å². The summed E-state index contributed by atoms with van der Waals surface area (Å²) in [5, 5.41) is 0. The van der Waals surface area contributed by atoms with Crippen LogP contribution in [-0.2, 0) is 16.1 Å². The van der Waals surface area contributed by atoms with Crippen LogP contribution in [0.4, 0.5) is 10.1 Å². The van der Waals surface area contributed by atoms with E-state index in [4.69, 9.17) is 0 Å². The highest BCUT2D eigenvalue weighted by Gasteiger charge is 2.42. The number of halogens is 1. The third-order valence-electron chi connectivity index (χ3n) is 5.88. The fraction of sp³-hybridized carbons (Fsp3) is 0.185. The first-order chi connectivity index (χ1) is 15.4. The smallest absolute Gasteiger partial charge is 0.278 e. The molecule has 3 aromatic rings. The van der Waals surface area contributed by atoms with E-state index in [1.165, 1.54) is 6.07 Å². The van der Waals surface area contributed by atoms with Gasteiger partial charge in [0.15, 0.2) is 0 Å². The van der Waals surface area contributed by atoms with Crippen LogP contribution in [0.2, 0.25) is 0 Å². The summed E-state index contributed by atoms with van der Waals surface area (Å²) in [5.74, 6) is -1.27. The van der Waals surface area contributed by atoms with Crippen LogP contribution in [0.3, 0.4) is 0 Å². The van der Waals surface area contributed by atoms with E-state index in [1.54, 1.807) is 18.2 Å². The van der Waals surface area contributed by atoms with E-state index >= 15 is 0 Å². The first kappa shape index (κ1) is 21.5. The lowest BCUT2D eigenvalue weighted by Crippen LogP contribution is -2.35. The second-order valence-corrected chi connectivity index (χ2v) is 7.89. The third kappa shape index (κ3) is 3.82. The molecule has 4 nitrogen and oxygen atoms in total. The number of imide groups is 1. The number of rotatable bonds is 6. The number of aryl methyl sites for hydroxylation is 2. The van der Waals surface area contributed by atoms with Crippen LogP contribution in [0.5, 0.6) is 0 Å². The maximum absolute atomic E-state index is 14.3. The number of nitrogens with zero attached hydrogens (tertiary/aromatic N) is 2. The number of anilines is 1. The highest BCUT2D eigenvalue weighted by atomic mass is 19.1. The number of para-hydroxylation sites is 1. The van der Waals surface area contributed by atoms with Crippen LogP contribution >= 0.6 is 0 Å². The van der Waals surface area contributed by atoms with Crippen molar-refractivity contribution in [1.82, 2.24) is 4.90 Å². The summed E-state index contributed by atoms with van der Waals surface area (Å²) in [5.41, 5.74) is 4.62. The van der Waals surface area contributed by atoms with Crippen molar-refractivity contribution in [3.63, 3.8) is 0 Å². The fourth-order valence-corrected chi connectivity index (χ4v) is 3.99. The van der Waals surface area contributed by atoms with Gasteiger partial charge >= 0.3 is 0 Å². The molecule has 3 aromatic carbocycles. The van der Waals surface area contributed by atoms with Gasteiger partial charge in [0.25, 0.3) is 11.8 Å². The summed E-state index contributed by atoms with van der Waals surface area (Å²) >= 11 is 0. The van der Waals surface area contributed by atoms with Crippen LogP contribution in [0.15, 0.2) is 78.5 Å². The van der Waals surface area contributed by atoms with Crippen molar-refractivity contribution in [2.75, 3.05) is 11.4 Å². The minimum atomic E-state index is -0.440. The normalized spacial score (nSPS) is 13.8. The van der Waals surface area contributed by atoms with E-state index < -0.39 is 17.6 Å². The summed E-state index contributed by atoms with van der Waals surface area (Å²) in [6.07, 6.45) is 0. The second kappa shape index (κ2) is 8.79. The van der Waals surface area contributed by atoms with Gasteiger partial charge in [-0.05, 0) is 55.7 Å². The van der Waals surface area contributed by atoms with Crippen LogP contribution < -0.4 is 4.90 Å². The van der Waals surface area contributed by atoms with E-state index in [2.05, 4.69) is 0 Å². The molecule has 4 rings (SSSR count). The lowest BCUT2D eigenvalue weighted by molar-refractivity contribution is -0.137. The van der Waals surface area contributed by atoms with Gasteiger partial charge in [0, 0.05) is 17.8 Å². The van der Waals surface area contributed by atoms with Crippen molar-refractivity contribution < 1.29 is 14.0 Å². The average molecular weight is 429 g/mol. The molecule has 0 fully saturated rings. The van der Waals surface area contributed by atoms with Gasteiger partial charge in [-0.2, -0.15) is 0 Å². The molecule has 5 heteroatoms. The molecule has 0 aliphatic carbocycles. The Hall–Kier alpha value is -3.73. The lowest BCUT2D eigenvalue weighted by Gasteiger charge is -2.25. The van der Waals surface area contributed by atoms with E-state index in [-0.39, 0.29) is 6.54 Å². The predicted octanol–water partition coefficient (Wildman–Crippen LogP) is 5.25. The Morgan fingerprint density at radius 1 is 0.844 bits per heavy atom. The highest BCUT2D eigenvalue weighted by Crippen LogP contribution is 2.35. The van der Waals surface area contributed by atoms with Crippen molar-refractivity contribution >= 4 is 23.1 Å². The third-order valence-corrected chi connectivity index (χ3v) is 5.88. The number of carbonyl (C=O) groups excluding carboxylic acids is 2. The summed E-state index contributed by atoms with van der Waals surface area (Å²) in [4.78, 5) is 30.2. The number of hydrogen-bond acceptors (Lipinski definition) is 3. The van der Waals surface area contributed by atoms with Gasteiger partial charge in [0.1, 0.15) is 11.5 Å². The molecule has 0 N–H and O–H groups in total. The molecule has 0 aromatic heterocycles. The van der Waals surface area contributed by atoms with Crippen LogP contribution in [0.1, 0.15) is 29.2 Å². The Bertz CT molecular complexity index is 1220. The molecule has 1 aliphatic heterocycles. The second-order valence-electron chi connectivity index (χ2n) is 7.89. The number of likely N-dealkylation sites (N-methyl/N-ethyl adjacent to an activating group) is 1. The summed E-state index contributed by atoms with van der Waals surface area (Å²) in [6, 6.07) is 21.5. The minimum absolute atomic E-state index is 0.117. The standard InChI is InChI=1S/C27H25FN2O2/c1-4-29(22-11-6-5-7-12-22)25-24(20-15-14-18(2)19(3)16-20)26(31)30(27(25)32)17-21-10-8-9-13-23(21)28/h5-16H,4,17H2,1-3H3. The molecule has 162 valence electrons. The van der Waals surface area contributed by atoms with Gasteiger partial charge in [0.2, 0.25) is 0 Å².